The van der Waals surface area contributed by atoms with Gasteiger partial charge in [-0.1, -0.05) is 29.8 Å². The third-order valence-corrected chi connectivity index (χ3v) is 3.29. The van der Waals surface area contributed by atoms with Crippen molar-refractivity contribution in [2.24, 2.45) is 0 Å². The van der Waals surface area contributed by atoms with Crippen molar-refractivity contribution < 1.29 is 35.5 Å². The summed E-state index contributed by atoms with van der Waals surface area (Å²) in [5, 5.41) is 0. The number of benzene rings is 2. The first kappa shape index (κ1) is 18.1. The van der Waals surface area contributed by atoms with E-state index in [9.17, 15) is 30.7 Å². The number of halogens is 7. The Kier molecular flexibility index (Phi) is 4.52. The van der Waals surface area contributed by atoms with Gasteiger partial charge in [0.05, 0.1) is 0 Å². The minimum absolute atomic E-state index is 0.0192. The van der Waals surface area contributed by atoms with Gasteiger partial charge in [0.25, 0.3) is 0 Å². The maximum atomic E-state index is 13.9. The molecule has 0 fully saturated rings. The molecule has 0 saturated heterocycles. The lowest BCUT2D eigenvalue weighted by molar-refractivity contribution is -0.348. The van der Waals surface area contributed by atoms with E-state index >= 15 is 0 Å². The third kappa shape index (κ3) is 3.32. The first-order chi connectivity index (χ1) is 10.9. The van der Waals surface area contributed by atoms with E-state index in [0.29, 0.717) is 17.9 Å². The molecule has 0 aliphatic carbocycles. The lowest BCUT2D eigenvalue weighted by atomic mass is 9.94. The Bertz CT molecular complexity index is 670. The van der Waals surface area contributed by atoms with Crippen LogP contribution in [-0.2, 0) is 5.67 Å². The number of rotatable bonds is 3. The van der Waals surface area contributed by atoms with E-state index in [4.69, 9.17) is 4.74 Å². The van der Waals surface area contributed by atoms with Crippen LogP contribution in [0.5, 0.6) is 11.5 Å². The van der Waals surface area contributed by atoms with Gasteiger partial charge in [0.2, 0.25) is 0 Å². The van der Waals surface area contributed by atoms with Crippen molar-refractivity contribution in [3.05, 3.63) is 59.7 Å². The number of hydrogen-bond acceptors (Lipinski definition) is 1. The molecule has 2 aromatic carbocycles. The maximum Gasteiger partial charge on any atom is 0.435 e. The van der Waals surface area contributed by atoms with Crippen LogP contribution in [-0.4, -0.2) is 12.4 Å². The summed E-state index contributed by atoms with van der Waals surface area (Å²) in [6, 6.07) is 9.09. The van der Waals surface area contributed by atoms with Crippen molar-refractivity contribution in [3.8, 4) is 11.5 Å². The first-order valence-electron chi connectivity index (χ1n) is 6.62. The molecule has 8 heteroatoms. The molecule has 0 amide bonds. The van der Waals surface area contributed by atoms with Crippen LogP contribution in [0.25, 0.3) is 0 Å². The zero-order chi connectivity index (χ0) is 18.2. The molecule has 0 saturated carbocycles. The third-order valence-electron chi connectivity index (χ3n) is 3.29. The normalized spacial score (nSPS) is 13.0. The Balaban J connectivity index is 2.32. The molecule has 2 rings (SSSR count). The summed E-state index contributed by atoms with van der Waals surface area (Å²) in [6.07, 6.45) is -12.3. The molecular formula is C16H11F7O. The Morgan fingerprint density at radius 2 is 1.00 bits per heavy atom. The lowest BCUT2D eigenvalue weighted by Gasteiger charge is -2.30. The lowest BCUT2D eigenvalue weighted by Crippen LogP contribution is -2.50. The molecule has 0 atom stereocenters. The molecule has 0 aliphatic rings. The van der Waals surface area contributed by atoms with Gasteiger partial charge >= 0.3 is 18.0 Å². The summed E-state index contributed by atoms with van der Waals surface area (Å²) in [6.45, 7) is 1.83. The Hall–Kier alpha value is -2.25. The van der Waals surface area contributed by atoms with Crippen molar-refractivity contribution in [2.45, 2.75) is 24.9 Å². The van der Waals surface area contributed by atoms with Gasteiger partial charge < -0.3 is 4.74 Å². The molecule has 2 aromatic rings. The van der Waals surface area contributed by atoms with Crippen LogP contribution in [0, 0.1) is 6.92 Å². The van der Waals surface area contributed by atoms with Gasteiger partial charge in [-0.25, -0.2) is 4.39 Å². The molecule has 24 heavy (non-hydrogen) atoms. The fourth-order valence-corrected chi connectivity index (χ4v) is 1.98. The van der Waals surface area contributed by atoms with Gasteiger partial charge in [-0.3, -0.25) is 0 Å². The smallest absolute Gasteiger partial charge is 0.435 e. The second kappa shape index (κ2) is 5.99. The fraction of sp³-hybridized carbons (Fsp3) is 0.250. The van der Waals surface area contributed by atoms with Crippen molar-refractivity contribution in [1.29, 1.82) is 0 Å². The summed E-state index contributed by atoms with van der Waals surface area (Å²) in [7, 11) is 0. The molecule has 0 N–H and O–H groups in total. The average Bonchev–Trinajstić information content (AvgIpc) is 2.47. The van der Waals surface area contributed by atoms with E-state index in [1.54, 1.807) is 24.3 Å². The van der Waals surface area contributed by atoms with Crippen LogP contribution in [0.2, 0.25) is 0 Å². The van der Waals surface area contributed by atoms with Crippen molar-refractivity contribution in [3.63, 3.8) is 0 Å². The van der Waals surface area contributed by atoms with Gasteiger partial charge in [0, 0.05) is 5.56 Å². The van der Waals surface area contributed by atoms with Crippen LogP contribution in [0.15, 0.2) is 48.5 Å². The number of aryl methyl sites for hydroxylation is 1. The minimum atomic E-state index is -6.13. The quantitative estimate of drug-likeness (QED) is 0.609. The molecule has 0 spiro atoms. The van der Waals surface area contributed by atoms with Crippen LogP contribution in [0.4, 0.5) is 30.7 Å². The highest BCUT2D eigenvalue weighted by molar-refractivity contribution is 5.37. The maximum absolute atomic E-state index is 13.9. The Morgan fingerprint density at radius 3 is 1.38 bits per heavy atom. The zero-order valence-electron chi connectivity index (χ0n) is 12.2. The van der Waals surface area contributed by atoms with Gasteiger partial charge in [0.15, 0.2) is 0 Å². The second-order valence-electron chi connectivity index (χ2n) is 5.09. The largest absolute Gasteiger partial charge is 0.457 e. The minimum Gasteiger partial charge on any atom is -0.457 e. The van der Waals surface area contributed by atoms with Crippen molar-refractivity contribution >= 4 is 0 Å². The summed E-state index contributed by atoms with van der Waals surface area (Å²) in [5.74, 6) is 0.320. The summed E-state index contributed by atoms with van der Waals surface area (Å²) in [4.78, 5) is 0. The fourth-order valence-electron chi connectivity index (χ4n) is 1.98. The van der Waals surface area contributed by atoms with E-state index in [-0.39, 0.29) is 5.75 Å². The molecule has 0 unspecified atom stereocenters. The number of hydrogen-bond donors (Lipinski definition) is 0. The predicted molar refractivity (Wildman–Crippen MR) is 72.6 cm³/mol. The number of ether oxygens (including phenoxy) is 1. The van der Waals surface area contributed by atoms with Crippen LogP contribution in [0.3, 0.4) is 0 Å². The highest BCUT2D eigenvalue weighted by Gasteiger charge is 2.73. The van der Waals surface area contributed by atoms with Crippen molar-refractivity contribution in [1.82, 2.24) is 0 Å². The highest BCUT2D eigenvalue weighted by atomic mass is 19.4. The predicted octanol–water partition coefficient (Wildman–Crippen LogP) is 6.08. The SMILES string of the molecule is Cc1ccc(Oc2ccc(C(F)(C(F)(F)F)C(F)(F)F)cc2)cc1. The number of alkyl halides is 7. The van der Waals surface area contributed by atoms with Gasteiger partial charge in [-0.15, -0.1) is 0 Å². The second-order valence-corrected chi connectivity index (χ2v) is 5.09. The summed E-state index contributed by atoms with van der Waals surface area (Å²) >= 11 is 0. The van der Waals surface area contributed by atoms with Gasteiger partial charge in [-0.2, -0.15) is 26.3 Å². The standard InChI is InChI=1S/C16H11F7O/c1-10-2-6-12(7-3-10)24-13-8-4-11(5-9-13)14(17,15(18,19)20)16(21,22)23/h2-9H,1H3. The van der Waals surface area contributed by atoms with Gasteiger partial charge in [-0.05, 0) is 31.2 Å². The summed E-state index contributed by atoms with van der Waals surface area (Å²) in [5.41, 5.74) is -6.06. The molecule has 0 aliphatic heterocycles. The molecular weight excluding hydrogens is 341 g/mol. The molecule has 1 nitrogen and oxygen atoms in total. The van der Waals surface area contributed by atoms with Crippen LogP contribution < -0.4 is 4.74 Å². The topological polar surface area (TPSA) is 9.23 Å². The molecule has 0 aromatic heterocycles. The van der Waals surface area contributed by atoms with E-state index in [2.05, 4.69) is 0 Å². The molecule has 0 heterocycles. The van der Waals surface area contributed by atoms with E-state index in [1.807, 2.05) is 6.92 Å². The monoisotopic (exact) mass is 352 g/mol. The first-order valence-corrected chi connectivity index (χ1v) is 6.62. The highest BCUT2D eigenvalue weighted by Crippen LogP contribution is 2.53. The van der Waals surface area contributed by atoms with E-state index in [0.717, 1.165) is 17.7 Å². The Labute approximate surface area is 132 Å². The van der Waals surface area contributed by atoms with Crippen LogP contribution >= 0.6 is 0 Å². The molecule has 130 valence electrons. The van der Waals surface area contributed by atoms with E-state index in [1.165, 1.54) is 0 Å². The Morgan fingerprint density at radius 1 is 0.625 bits per heavy atom. The summed E-state index contributed by atoms with van der Waals surface area (Å²) < 4.78 is 95.0. The van der Waals surface area contributed by atoms with E-state index < -0.39 is 23.6 Å². The average molecular weight is 352 g/mol. The molecule has 0 radical (unpaired) electrons. The zero-order valence-corrected chi connectivity index (χ0v) is 12.2. The van der Waals surface area contributed by atoms with Crippen LogP contribution in [0.1, 0.15) is 11.1 Å². The van der Waals surface area contributed by atoms with Crippen molar-refractivity contribution in [2.75, 3.05) is 0 Å². The molecule has 0 bridgehead atoms. The van der Waals surface area contributed by atoms with Gasteiger partial charge in [0.1, 0.15) is 11.5 Å².